The van der Waals surface area contributed by atoms with Crippen LogP contribution in [0, 0.1) is 0 Å². The third-order valence-corrected chi connectivity index (χ3v) is 4.69. The van der Waals surface area contributed by atoms with Crippen molar-refractivity contribution in [1.82, 2.24) is 24.6 Å². The average Bonchev–Trinajstić information content (AvgIpc) is 3.23. The van der Waals surface area contributed by atoms with Gasteiger partial charge in [-0.05, 0) is 30.7 Å². The summed E-state index contributed by atoms with van der Waals surface area (Å²) in [5, 5.41) is 11.0. The highest BCUT2D eigenvalue weighted by atomic mass is 16.5. The Labute approximate surface area is 185 Å². The molecule has 0 saturated heterocycles. The minimum absolute atomic E-state index is 0.427. The Kier molecular flexibility index (Phi) is 6.61. The highest BCUT2D eigenvalue weighted by Crippen LogP contribution is 2.29. The van der Waals surface area contributed by atoms with Crippen LogP contribution >= 0.6 is 0 Å². The first-order valence-electron chi connectivity index (χ1n) is 10.1. The molecular formula is C22H25N7O3. The third kappa shape index (κ3) is 4.86. The molecule has 0 amide bonds. The second-order valence-electron chi connectivity index (χ2n) is 6.89. The van der Waals surface area contributed by atoms with Crippen molar-refractivity contribution in [2.24, 2.45) is 0 Å². The number of rotatable bonds is 10. The van der Waals surface area contributed by atoms with Crippen LogP contribution in [0.3, 0.4) is 0 Å². The summed E-state index contributed by atoms with van der Waals surface area (Å²) < 4.78 is 17.3. The van der Waals surface area contributed by atoms with Gasteiger partial charge in [-0.25, -0.2) is 19.5 Å². The minimum atomic E-state index is 0.427. The highest BCUT2D eigenvalue weighted by molar-refractivity contribution is 5.65. The van der Waals surface area contributed by atoms with Gasteiger partial charge in [0.1, 0.15) is 11.6 Å². The molecule has 0 spiro atoms. The van der Waals surface area contributed by atoms with Crippen LogP contribution in [0.25, 0.3) is 16.9 Å². The second kappa shape index (κ2) is 9.92. The molecule has 10 heteroatoms. The van der Waals surface area contributed by atoms with Crippen molar-refractivity contribution >= 4 is 23.1 Å². The van der Waals surface area contributed by atoms with Crippen molar-refractivity contribution < 1.29 is 14.2 Å². The fraction of sp³-hybridized carbons (Fsp3) is 0.273. The van der Waals surface area contributed by atoms with Crippen molar-refractivity contribution in [2.45, 2.75) is 6.42 Å². The Balaban J connectivity index is 1.51. The van der Waals surface area contributed by atoms with Crippen molar-refractivity contribution in [2.75, 3.05) is 45.1 Å². The minimum Gasteiger partial charge on any atom is -0.491 e. The Morgan fingerprint density at radius 2 is 1.84 bits per heavy atom. The van der Waals surface area contributed by atoms with Crippen LogP contribution in [-0.2, 0) is 4.74 Å². The van der Waals surface area contributed by atoms with Gasteiger partial charge in [0.05, 0.1) is 19.9 Å². The average molecular weight is 435 g/mol. The molecule has 4 heterocycles. The molecule has 4 rings (SSSR count). The van der Waals surface area contributed by atoms with Gasteiger partial charge in [0.25, 0.3) is 5.88 Å². The molecule has 0 aliphatic heterocycles. The quantitative estimate of drug-likeness (QED) is 0.362. The summed E-state index contributed by atoms with van der Waals surface area (Å²) in [6.07, 6.45) is 4.46. The molecule has 0 unspecified atom stereocenters. The van der Waals surface area contributed by atoms with E-state index in [0.717, 1.165) is 30.0 Å². The molecule has 0 saturated carbocycles. The lowest BCUT2D eigenvalue weighted by Crippen LogP contribution is -2.06. The highest BCUT2D eigenvalue weighted by Gasteiger charge is 2.11. The topological polar surface area (TPSA) is 108 Å². The number of hydrogen-bond acceptors (Lipinski definition) is 9. The van der Waals surface area contributed by atoms with Crippen molar-refractivity contribution in [3.8, 4) is 22.9 Å². The molecule has 166 valence electrons. The van der Waals surface area contributed by atoms with E-state index in [4.69, 9.17) is 19.2 Å². The van der Waals surface area contributed by atoms with Gasteiger partial charge in [-0.1, -0.05) is 6.07 Å². The van der Waals surface area contributed by atoms with Crippen molar-refractivity contribution in [3.63, 3.8) is 0 Å². The summed E-state index contributed by atoms with van der Waals surface area (Å²) in [6, 6.07) is 11.3. The molecule has 0 atom stereocenters. The van der Waals surface area contributed by atoms with E-state index >= 15 is 0 Å². The van der Waals surface area contributed by atoms with Gasteiger partial charge in [0, 0.05) is 44.3 Å². The van der Waals surface area contributed by atoms with Gasteiger partial charge in [0.2, 0.25) is 0 Å². The zero-order valence-corrected chi connectivity index (χ0v) is 18.2. The first-order valence-corrected chi connectivity index (χ1v) is 10.1. The number of hydrogen-bond donors (Lipinski definition) is 2. The van der Waals surface area contributed by atoms with Crippen LogP contribution in [0.4, 0.5) is 17.5 Å². The molecule has 10 nitrogen and oxygen atoms in total. The smallest absolute Gasteiger partial charge is 0.256 e. The fourth-order valence-electron chi connectivity index (χ4n) is 3.14. The molecule has 0 radical (unpaired) electrons. The third-order valence-electron chi connectivity index (χ3n) is 4.69. The van der Waals surface area contributed by atoms with E-state index in [1.807, 2.05) is 42.6 Å². The maximum absolute atomic E-state index is 5.34. The summed E-state index contributed by atoms with van der Waals surface area (Å²) in [5.41, 5.74) is 2.25. The summed E-state index contributed by atoms with van der Waals surface area (Å²) in [4.78, 5) is 13.5. The van der Waals surface area contributed by atoms with Crippen LogP contribution < -0.4 is 20.1 Å². The summed E-state index contributed by atoms with van der Waals surface area (Å²) in [7, 11) is 4.82. The maximum atomic E-state index is 5.34. The van der Waals surface area contributed by atoms with Gasteiger partial charge >= 0.3 is 0 Å². The summed E-state index contributed by atoms with van der Waals surface area (Å²) >= 11 is 0. The molecule has 0 bridgehead atoms. The van der Waals surface area contributed by atoms with Gasteiger partial charge in [-0.15, -0.1) is 5.10 Å². The number of aromatic nitrogens is 5. The predicted molar refractivity (Wildman–Crippen MR) is 122 cm³/mol. The predicted octanol–water partition coefficient (Wildman–Crippen LogP) is 3.40. The molecule has 2 N–H and O–H groups in total. The van der Waals surface area contributed by atoms with E-state index in [-0.39, 0.29) is 0 Å². The number of fused-ring (bicyclic) bond motifs is 1. The molecule has 0 aliphatic rings. The maximum Gasteiger partial charge on any atom is 0.256 e. The Morgan fingerprint density at radius 3 is 2.66 bits per heavy atom. The zero-order chi connectivity index (χ0) is 22.3. The first-order chi connectivity index (χ1) is 15.7. The monoisotopic (exact) mass is 435 g/mol. The van der Waals surface area contributed by atoms with Crippen LogP contribution in [0.2, 0.25) is 0 Å². The molecule has 4 aromatic rings. The Hall–Kier alpha value is -3.92. The van der Waals surface area contributed by atoms with Crippen LogP contribution in [0.15, 0.2) is 48.8 Å². The lowest BCUT2D eigenvalue weighted by Gasteiger charge is -2.08. The second-order valence-corrected chi connectivity index (χ2v) is 6.89. The van der Waals surface area contributed by atoms with Gasteiger partial charge in [0.15, 0.2) is 17.2 Å². The molecule has 0 aliphatic carbocycles. The van der Waals surface area contributed by atoms with E-state index in [1.165, 1.54) is 0 Å². The first kappa shape index (κ1) is 21.3. The van der Waals surface area contributed by atoms with Crippen LogP contribution in [-0.4, -0.2) is 59.0 Å². The largest absolute Gasteiger partial charge is 0.491 e. The van der Waals surface area contributed by atoms with Gasteiger partial charge in [-0.2, -0.15) is 0 Å². The molecule has 32 heavy (non-hydrogen) atoms. The van der Waals surface area contributed by atoms with Crippen LogP contribution in [0.1, 0.15) is 6.42 Å². The fourth-order valence-corrected chi connectivity index (χ4v) is 3.14. The molecule has 0 aromatic carbocycles. The van der Waals surface area contributed by atoms with Gasteiger partial charge < -0.3 is 24.8 Å². The van der Waals surface area contributed by atoms with Crippen molar-refractivity contribution in [3.05, 3.63) is 48.8 Å². The van der Waals surface area contributed by atoms with E-state index in [9.17, 15) is 0 Å². The van der Waals surface area contributed by atoms with E-state index < -0.39 is 0 Å². The standard InChI is InChI=1S/C22H25N7O3/c1-30-11-5-9-23-18-6-4-7-19(26-18)27-20-13-21-25-16(8-10-29(21)28-20)15-12-17(31-2)22(32-3)24-14-15/h4,6-8,10,12-14H,5,9,11H2,1-3H3,(H2,23,26,27,28). The van der Waals surface area contributed by atoms with E-state index in [0.29, 0.717) is 35.5 Å². The van der Waals surface area contributed by atoms with Crippen LogP contribution in [0.5, 0.6) is 11.6 Å². The zero-order valence-electron chi connectivity index (χ0n) is 18.2. The van der Waals surface area contributed by atoms with Crippen molar-refractivity contribution in [1.29, 1.82) is 0 Å². The molecule has 0 fully saturated rings. The Morgan fingerprint density at radius 1 is 0.969 bits per heavy atom. The number of pyridine rings is 2. The summed E-state index contributed by atoms with van der Waals surface area (Å²) in [5.74, 6) is 3.09. The molecule has 4 aromatic heterocycles. The molecular weight excluding hydrogens is 410 g/mol. The Bertz CT molecular complexity index is 1200. The lowest BCUT2D eigenvalue weighted by molar-refractivity contribution is 0.198. The number of nitrogens with zero attached hydrogens (tertiary/aromatic N) is 5. The lowest BCUT2D eigenvalue weighted by atomic mass is 10.2. The number of nitrogens with one attached hydrogen (secondary N) is 2. The summed E-state index contributed by atoms with van der Waals surface area (Å²) in [6.45, 7) is 1.50. The van der Waals surface area contributed by atoms with E-state index in [2.05, 4.69) is 25.7 Å². The van der Waals surface area contributed by atoms with Gasteiger partial charge in [-0.3, -0.25) is 0 Å². The number of ether oxygens (including phenoxy) is 3. The SMILES string of the molecule is COCCCNc1cccc(Nc2cc3nc(-c4cnc(OC)c(OC)c4)ccn3n2)n1. The number of methoxy groups -OCH3 is 3. The van der Waals surface area contributed by atoms with E-state index in [1.54, 1.807) is 32.0 Å². The number of anilines is 3. The normalized spacial score (nSPS) is 10.8.